The molecule has 0 aliphatic rings. The Hall–Kier alpha value is -1.42. The number of hydrogen-bond acceptors (Lipinski definition) is 4. The van der Waals surface area contributed by atoms with Crippen molar-refractivity contribution in [3.05, 3.63) is 29.6 Å². The van der Waals surface area contributed by atoms with Crippen molar-refractivity contribution in [3.63, 3.8) is 0 Å². The van der Waals surface area contributed by atoms with Crippen molar-refractivity contribution in [2.75, 3.05) is 7.11 Å². The minimum atomic E-state index is -0.436. The fraction of sp³-hybridized carbons (Fsp3) is 0.455. The van der Waals surface area contributed by atoms with Gasteiger partial charge in [0.25, 0.3) is 0 Å². The van der Waals surface area contributed by atoms with Crippen molar-refractivity contribution in [1.82, 2.24) is 4.98 Å². The molecular formula is C11H15NO3. The van der Waals surface area contributed by atoms with Crippen molar-refractivity contribution in [1.29, 1.82) is 0 Å². The summed E-state index contributed by atoms with van der Waals surface area (Å²) in [6.07, 6.45) is 2.64. The largest absolute Gasteiger partial charge is 0.464 e. The van der Waals surface area contributed by atoms with Gasteiger partial charge >= 0.3 is 5.97 Å². The average Bonchev–Trinajstić information content (AvgIpc) is 2.25. The number of pyridine rings is 1. The molecule has 4 nitrogen and oxygen atoms in total. The molecule has 1 aromatic heterocycles. The molecule has 0 aliphatic carbocycles. The van der Waals surface area contributed by atoms with E-state index in [2.05, 4.69) is 9.72 Å². The smallest absolute Gasteiger partial charge is 0.356 e. The van der Waals surface area contributed by atoms with Crippen molar-refractivity contribution in [3.8, 4) is 0 Å². The molecule has 1 unspecified atom stereocenters. The summed E-state index contributed by atoms with van der Waals surface area (Å²) in [5.74, 6) is -0.436. The van der Waals surface area contributed by atoms with Crippen LogP contribution in [-0.4, -0.2) is 29.3 Å². The van der Waals surface area contributed by atoms with Crippen molar-refractivity contribution < 1.29 is 14.6 Å². The van der Waals surface area contributed by atoms with Crippen molar-refractivity contribution >= 4 is 5.97 Å². The molecule has 0 bridgehead atoms. The second-order valence-electron chi connectivity index (χ2n) is 3.43. The van der Waals surface area contributed by atoms with Crippen LogP contribution in [0.4, 0.5) is 0 Å². The van der Waals surface area contributed by atoms with Crippen LogP contribution in [0.25, 0.3) is 0 Å². The lowest BCUT2D eigenvalue weighted by atomic mass is 10.1. The fourth-order valence-corrected chi connectivity index (χ4v) is 1.22. The molecule has 1 rings (SSSR count). The number of aliphatic hydroxyl groups excluding tert-OH is 1. The van der Waals surface area contributed by atoms with Gasteiger partial charge in [-0.25, -0.2) is 9.78 Å². The first-order chi connectivity index (χ1) is 7.13. The third kappa shape index (κ3) is 3.67. The molecule has 0 saturated carbocycles. The van der Waals surface area contributed by atoms with E-state index in [1.807, 2.05) is 6.07 Å². The van der Waals surface area contributed by atoms with E-state index in [0.29, 0.717) is 12.1 Å². The lowest BCUT2D eigenvalue weighted by Gasteiger charge is -2.05. The zero-order valence-corrected chi connectivity index (χ0v) is 8.93. The molecule has 1 heterocycles. The summed E-state index contributed by atoms with van der Waals surface area (Å²) in [4.78, 5) is 15.1. The second-order valence-corrected chi connectivity index (χ2v) is 3.43. The molecular weight excluding hydrogens is 194 g/mol. The summed E-state index contributed by atoms with van der Waals surface area (Å²) < 4.78 is 4.57. The lowest BCUT2D eigenvalue weighted by Crippen LogP contribution is -2.06. The van der Waals surface area contributed by atoms with Gasteiger partial charge in [-0.15, -0.1) is 0 Å². The Morgan fingerprint density at radius 3 is 3.00 bits per heavy atom. The van der Waals surface area contributed by atoms with Crippen LogP contribution < -0.4 is 0 Å². The zero-order valence-electron chi connectivity index (χ0n) is 8.93. The first-order valence-corrected chi connectivity index (χ1v) is 4.85. The third-order valence-corrected chi connectivity index (χ3v) is 2.07. The molecule has 1 N–H and O–H groups in total. The number of aromatic nitrogens is 1. The van der Waals surface area contributed by atoms with Crippen LogP contribution in [0.15, 0.2) is 18.3 Å². The van der Waals surface area contributed by atoms with Gasteiger partial charge in [-0.05, 0) is 37.5 Å². The Kier molecular flexibility index (Phi) is 4.24. The van der Waals surface area contributed by atoms with Crippen LogP contribution in [0, 0.1) is 0 Å². The maximum atomic E-state index is 11.2. The average molecular weight is 209 g/mol. The van der Waals surface area contributed by atoms with Gasteiger partial charge in [0.05, 0.1) is 13.2 Å². The number of hydrogen-bond donors (Lipinski definition) is 1. The van der Waals surface area contributed by atoms with E-state index in [-0.39, 0.29) is 6.10 Å². The number of esters is 1. The van der Waals surface area contributed by atoms with Crippen LogP contribution in [0.5, 0.6) is 0 Å². The summed E-state index contributed by atoms with van der Waals surface area (Å²) in [6, 6.07) is 3.52. The van der Waals surface area contributed by atoms with Gasteiger partial charge in [-0.1, -0.05) is 0 Å². The van der Waals surface area contributed by atoms with Crippen LogP contribution in [0.3, 0.4) is 0 Å². The molecule has 0 fully saturated rings. The van der Waals surface area contributed by atoms with Gasteiger partial charge in [0.2, 0.25) is 0 Å². The van der Waals surface area contributed by atoms with Crippen LogP contribution in [0.2, 0.25) is 0 Å². The fourth-order valence-electron chi connectivity index (χ4n) is 1.22. The topological polar surface area (TPSA) is 59.4 Å². The minimum absolute atomic E-state index is 0.306. The predicted molar refractivity (Wildman–Crippen MR) is 55.6 cm³/mol. The maximum Gasteiger partial charge on any atom is 0.356 e. The van der Waals surface area contributed by atoms with E-state index in [4.69, 9.17) is 5.11 Å². The number of carbonyl (C=O) groups excluding carboxylic acids is 1. The molecule has 0 amide bonds. The number of methoxy groups -OCH3 is 1. The van der Waals surface area contributed by atoms with Gasteiger partial charge in [0, 0.05) is 6.20 Å². The van der Waals surface area contributed by atoms with E-state index in [1.54, 1.807) is 19.2 Å². The molecule has 15 heavy (non-hydrogen) atoms. The molecule has 82 valence electrons. The summed E-state index contributed by atoms with van der Waals surface area (Å²) in [5.41, 5.74) is 1.28. The third-order valence-electron chi connectivity index (χ3n) is 2.07. The molecule has 0 aliphatic heterocycles. The highest BCUT2D eigenvalue weighted by Gasteiger charge is 2.07. The van der Waals surface area contributed by atoms with Crippen LogP contribution >= 0.6 is 0 Å². The number of nitrogens with zero attached hydrogens (tertiary/aromatic N) is 1. The van der Waals surface area contributed by atoms with E-state index in [0.717, 1.165) is 12.0 Å². The first kappa shape index (κ1) is 11.7. The molecule has 0 spiro atoms. The number of rotatable bonds is 4. The first-order valence-electron chi connectivity index (χ1n) is 4.85. The molecule has 0 saturated heterocycles. The van der Waals surface area contributed by atoms with Crippen LogP contribution in [-0.2, 0) is 11.2 Å². The van der Waals surface area contributed by atoms with E-state index >= 15 is 0 Å². The summed E-state index contributed by atoms with van der Waals surface area (Å²) in [7, 11) is 1.33. The second kappa shape index (κ2) is 5.46. The number of ether oxygens (including phenoxy) is 1. The molecule has 1 atom stereocenters. The Morgan fingerprint density at radius 2 is 2.40 bits per heavy atom. The van der Waals surface area contributed by atoms with Gasteiger partial charge in [0.1, 0.15) is 5.69 Å². The molecule has 4 heteroatoms. The zero-order chi connectivity index (χ0) is 11.3. The van der Waals surface area contributed by atoms with Crippen molar-refractivity contribution in [2.24, 2.45) is 0 Å². The Balaban J connectivity index is 2.70. The summed E-state index contributed by atoms with van der Waals surface area (Å²) in [6.45, 7) is 1.74. The van der Waals surface area contributed by atoms with Crippen molar-refractivity contribution in [2.45, 2.75) is 25.9 Å². The SMILES string of the molecule is COC(=O)c1cc(CCC(C)O)ccn1. The van der Waals surface area contributed by atoms with E-state index < -0.39 is 5.97 Å². The van der Waals surface area contributed by atoms with Gasteiger partial charge in [-0.3, -0.25) is 0 Å². The van der Waals surface area contributed by atoms with E-state index in [1.165, 1.54) is 7.11 Å². The summed E-state index contributed by atoms with van der Waals surface area (Å²) >= 11 is 0. The predicted octanol–water partition coefficient (Wildman–Crippen LogP) is 1.18. The van der Waals surface area contributed by atoms with Gasteiger partial charge in [0.15, 0.2) is 0 Å². The molecule has 0 aromatic carbocycles. The highest BCUT2D eigenvalue weighted by molar-refractivity contribution is 5.87. The normalized spacial score (nSPS) is 12.2. The monoisotopic (exact) mass is 209 g/mol. The highest BCUT2D eigenvalue weighted by Crippen LogP contribution is 2.07. The summed E-state index contributed by atoms with van der Waals surface area (Å²) in [5, 5.41) is 9.13. The highest BCUT2D eigenvalue weighted by atomic mass is 16.5. The number of aryl methyl sites for hydroxylation is 1. The van der Waals surface area contributed by atoms with Crippen LogP contribution in [0.1, 0.15) is 29.4 Å². The minimum Gasteiger partial charge on any atom is -0.464 e. The quantitative estimate of drug-likeness (QED) is 0.756. The van der Waals surface area contributed by atoms with Gasteiger partial charge < -0.3 is 9.84 Å². The Morgan fingerprint density at radius 1 is 1.67 bits per heavy atom. The Labute approximate surface area is 88.9 Å². The Bertz CT molecular complexity index is 336. The lowest BCUT2D eigenvalue weighted by molar-refractivity contribution is 0.0594. The standard InChI is InChI=1S/C11H15NO3/c1-8(13)3-4-9-5-6-12-10(7-9)11(14)15-2/h5-8,13H,3-4H2,1-2H3. The van der Waals surface area contributed by atoms with E-state index in [9.17, 15) is 4.79 Å². The number of carbonyl (C=O) groups is 1. The molecule has 0 radical (unpaired) electrons. The molecule has 1 aromatic rings. The number of aliphatic hydroxyl groups is 1. The van der Waals surface area contributed by atoms with Gasteiger partial charge in [-0.2, -0.15) is 0 Å². The maximum absolute atomic E-state index is 11.2.